The van der Waals surface area contributed by atoms with E-state index in [-0.39, 0.29) is 0 Å². The van der Waals surface area contributed by atoms with Crippen molar-refractivity contribution in [3.8, 4) is 11.5 Å². The number of fused-ring (bicyclic) bond motifs is 1. The van der Waals surface area contributed by atoms with Crippen LogP contribution in [0.15, 0.2) is 36.4 Å². The molecule has 4 nitrogen and oxygen atoms in total. The van der Waals surface area contributed by atoms with E-state index < -0.39 is 12.6 Å². The molecule has 0 aliphatic carbocycles. The highest BCUT2D eigenvalue weighted by Crippen LogP contribution is 2.25. The summed E-state index contributed by atoms with van der Waals surface area (Å²) in [6, 6.07) is 11.0. The molecule has 2 aromatic carbocycles. The third-order valence-corrected chi connectivity index (χ3v) is 2.40. The van der Waals surface area contributed by atoms with Crippen LogP contribution in [0.4, 0.5) is 0 Å². The first-order valence-electron chi connectivity index (χ1n) is 5.78. The fraction of sp³-hybridized carbons (Fsp3) is 0.286. The molecule has 2 aromatic rings. The summed E-state index contributed by atoms with van der Waals surface area (Å²) in [4.78, 5) is 0. The Kier molecular flexibility index (Phi) is 3.69. The van der Waals surface area contributed by atoms with Crippen LogP contribution in [0, 0.1) is 0 Å². The average Bonchev–Trinajstić information content (AvgIpc) is 2.27. The van der Waals surface area contributed by atoms with E-state index in [9.17, 15) is 0 Å². The molecule has 2 rings (SSSR count). The van der Waals surface area contributed by atoms with Crippen molar-refractivity contribution in [2.24, 2.45) is 0 Å². The maximum absolute atomic E-state index is 9.15. The Hall–Kier alpha value is -1.78. The lowest BCUT2D eigenvalue weighted by atomic mass is 10.1. The van der Waals surface area contributed by atoms with Crippen molar-refractivity contribution in [3.63, 3.8) is 0 Å². The normalized spacial score (nSPS) is 14.2. The van der Waals surface area contributed by atoms with Crippen LogP contribution in [0.5, 0.6) is 11.5 Å². The topological polar surface area (TPSA) is 58.9 Å². The first kappa shape index (κ1) is 12.7. The highest BCUT2D eigenvalue weighted by atomic mass is 16.6. The quantitative estimate of drug-likeness (QED) is 0.815. The summed E-state index contributed by atoms with van der Waals surface area (Å²) >= 11 is 0. The molecule has 2 atom stereocenters. The Labute approximate surface area is 105 Å². The SMILES string of the molecule is CC(O)Oc1ccc2cc(OC(C)O)ccc2c1. The van der Waals surface area contributed by atoms with Gasteiger partial charge in [-0.1, -0.05) is 12.1 Å². The van der Waals surface area contributed by atoms with Gasteiger partial charge < -0.3 is 19.7 Å². The third kappa shape index (κ3) is 3.12. The van der Waals surface area contributed by atoms with E-state index in [0.717, 1.165) is 10.8 Å². The maximum atomic E-state index is 9.15. The highest BCUT2D eigenvalue weighted by Gasteiger charge is 2.03. The summed E-state index contributed by atoms with van der Waals surface area (Å²) in [7, 11) is 0. The standard InChI is InChI=1S/C14H16O4/c1-9(15)17-13-5-3-12-8-14(18-10(2)16)6-4-11(12)7-13/h3-10,15-16H,1-2H3. The Morgan fingerprint density at radius 3 is 1.50 bits per heavy atom. The number of rotatable bonds is 4. The van der Waals surface area contributed by atoms with Crippen LogP contribution in [-0.2, 0) is 0 Å². The number of aliphatic hydroxyl groups is 2. The second kappa shape index (κ2) is 5.25. The molecule has 0 aliphatic rings. The van der Waals surface area contributed by atoms with Crippen molar-refractivity contribution >= 4 is 10.8 Å². The van der Waals surface area contributed by atoms with E-state index in [1.165, 1.54) is 0 Å². The minimum Gasteiger partial charge on any atom is -0.465 e. The van der Waals surface area contributed by atoms with Crippen molar-refractivity contribution in [1.82, 2.24) is 0 Å². The molecule has 0 amide bonds. The fourth-order valence-electron chi connectivity index (χ4n) is 1.74. The highest BCUT2D eigenvalue weighted by molar-refractivity contribution is 5.85. The molecule has 2 unspecified atom stereocenters. The van der Waals surface area contributed by atoms with Gasteiger partial charge in [-0.3, -0.25) is 0 Å². The van der Waals surface area contributed by atoms with E-state index in [2.05, 4.69) is 0 Å². The smallest absolute Gasteiger partial charge is 0.194 e. The van der Waals surface area contributed by atoms with Crippen LogP contribution in [0.1, 0.15) is 13.8 Å². The molecule has 0 heterocycles. The molecule has 4 heteroatoms. The first-order valence-corrected chi connectivity index (χ1v) is 5.78. The lowest BCUT2D eigenvalue weighted by Gasteiger charge is -2.11. The van der Waals surface area contributed by atoms with E-state index >= 15 is 0 Å². The predicted octanol–water partition coefficient (Wildman–Crippen LogP) is 2.27. The molecule has 0 fully saturated rings. The molecule has 0 saturated heterocycles. The maximum Gasteiger partial charge on any atom is 0.194 e. The van der Waals surface area contributed by atoms with Crippen LogP contribution >= 0.6 is 0 Å². The monoisotopic (exact) mass is 248 g/mol. The summed E-state index contributed by atoms with van der Waals surface area (Å²) in [5.74, 6) is 1.23. The van der Waals surface area contributed by atoms with E-state index in [1.807, 2.05) is 24.3 Å². The molecule has 0 spiro atoms. The molecule has 0 radical (unpaired) electrons. The van der Waals surface area contributed by atoms with E-state index in [1.54, 1.807) is 26.0 Å². The lowest BCUT2D eigenvalue weighted by molar-refractivity contribution is -0.000982. The van der Waals surface area contributed by atoms with Crippen LogP contribution in [0.2, 0.25) is 0 Å². The van der Waals surface area contributed by atoms with Gasteiger partial charge in [0.05, 0.1) is 0 Å². The Morgan fingerprint density at radius 1 is 0.778 bits per heavy atom. The molecule has 0 aliphatic heterocycles. The van der Waals surface area contributed by atoms with Gasteiger partial charge in [0.25, 0.3) is 0 Å². The number of ether oxygens (including phenoxy) is 2. The molecule has 2 N–H and O–H groups in total. The van der Waals surface area contributed by atoms with Gasteiger partial charge in [0.2, 0.25) is 0 Å². The summed E-state index contributed by atoms with van der Waals surface area (Å²) in [6.07, 6.45) is -1.67. The van der Waals surface area contributed by atoms with Gasteiger partial charge in [0, 0.05) is 0 Å². The number of aliphatic hydroxyl groups excluding tert-OH is 2. The van der Waals surface area contributed by atoms with Gasteiger partial charge in [-0.25, -0.2) is 0 Å². The van der Waals surface area contributed by atoms with Crippen LogP contribution in [0.3, 0.4) is 0 Å². The van der Waals surface area contributed by atoms with Crippen LogP contribution in [-0.4, -0.2) is 22.8 Å². The molecular weight excluding hydrogens is 232 g/mol. The van der Waals surface area contributed by atoms with Gasteiger partial charge in [0.15, 0.2) is 12.6 Å². The van der Waals surface area contributed by atoms with Gasteiger partial charge in [-0.05, 0) is 48.9 Å². The summed E-state index contributed by atoms with van der Waals surface area (Å²) in [5.41, 5.74) is 0. The predicted molar refractivity (Wildman–Crippen MR) is 68.6 cm³/mol. The molecule has 18 heavy (non-hydrogen) atoms. The van der Waals surface area contributed by atoms with E-state index in [4.69, 9.17) is 19.7 Å². The van der Waals surface area contributed by atoms with Gasteiger partial charge in [0.1, 0.15) is 11.5 Å². The Bertz CT molecular complexity index is 485. The molecular formula is C14H16O4. The zero-order valence-electron chi connectivity index (χ0n) is 10.3. The van der Waals surface area contributed by atoms with E-state index in [0.29, 0.717) is 11.5 Å². The van der Waals surface area contributed by atoms with Crippen LogP contribution in [0.25, 0.3) is 10.8 Å². The minimum atomic E-state index is -0.833. The van der Waals surface area contributed by atoms with Crippen molar-refractivity contribution < 1.29 is 19.7 Å². The fourth-order valence-corrected chi connectivity index (χ4v) is 1.74. The summed E-state index contributed by atoms with van der Waals surface area (Å²) < 4.78 is 10.4. The summed E-state index contributed by atoms with van der Waals surface area (Å²) in [5, 5.41) is 20.3. The number of benzene rings is 2. The molecule has 96 valence electrons. The molecule has 0 aromatic heterocycles. The first-order chi connectivity index (χ1) is 8.54. The van der Waals surface area contributed by atoms with Crippen molar-refractivity contribution in [3.05, 3.63) is 36.4 Å². The second-order valence-electron chi connectivity index (χ2n) is 4.11. The second-order valence-corrected chi connectivity index (χ2v) is 4.11. The van der Waals surface area contributed by atoms with Gasteiger partial charge >= 0.3 is 0 Å². The zero-order valence-corrected chi connectivity index (χ0v) is 10.3. The number of hydrogen-bond acceptors (Lipinski definition) is 4. The largest absolute Gasteiger partial charge is 0.465 e. The zero-order chi connectivity index (χ0) is 13.1. The molecule has 0 bridgehead atoms. The van der Waals surface area contributed by atoms with Crippen molar-refractivity contribution in [2.75, 3.05) is 0 Å². The Balaban J connectivity index is 2.30. The average molecular weight is 248 g/mol. The third-order valence-electron chi connectivity index (χ3n) is 2.40. The molecule has 0 saturated carbocycles. The minimum absolute atomic E-state index is 0.613. The van der Waals surface area contributed by atoms with Crippen molar-refractivity contribution in [2.45, 2.75) is 26.4 Å². The van der Waals surface area contributed by atoms with Crippen molar-refractivity contribution in [1.29, 1.82) is 0 Å². The van der Waals surface area contributed by atoms with Gasteiger partial charge in [-0.15, -0.1) is 0 Å². The summed E-state index contributed by atoms with van der Waals surface area (Å²) in [6.45, 7) is 3.12. The Morgan fingerprint density at radius 2 is 1.17 bits per heavy atom. The number of hydrogen-bond donors (Lipinski definition) is 2. The lowest BCUT2D eigenvalue weighted by Crippen LogP contribution is -2.09. The van der Waals surface area contributed by atoms with Gasteiger partial charge in [-0.2, -0.15) is 0 Å². The van der Waals surface area contributed by atoms with Crippen LogP contribution < -0.4 is 9.47 Å².